The normalized spacial score (nSPS) is 19.0. The van der Waals surface area contributed by atoms with Crippen LogP contribution in [0.15, 0.2) is 37.3 Å². The van der Waals surface area contributed by atoms with Gasteiger partial charge in [0.2, 0.25) is 23.7 Å². The first-order valence-electron chi connectivity index (χ1n) is 9.77. The van der Waals surface area contributed by atoms with Crippen LogP contribution in [-0.4, -0.2) is 61.2 Å². The Kier molecular flexibility index (Phi) is 5.34. The monoisotopic (exact) mass is 431 g/mol. The van der Waals surface area contributed by atoms with Crippen LogP contribution in [0.5, 0.6) is 5.88 Å². The second-order valence-corrected chi connectivity index (χ2v) is 7.70. The van der Waals surface area contributed by atoms with Gasteiger partial charge in [-0.2, -0.15) is 15.1 Å². The standard InChI is InChI=1S/C20H23F2N7O2/c1-4-16(30)29-8-12(15(10-29)20(2,21)22)11-31-18-14-5-6-23-17(14)26-19(27-18)25-13-7-24-28(3)9-13/h4-7,9,12,15H,1,8,10-11H2,2-3H3,(H2,23,25,26,27). The molecule has 2 atom stereocenters. The van der Waals surface area contributed by atoms with E-state index in [-0.39, 0.29) is 37.4 Å². The second-order valence-electron chi connectivity index (χ2n) is 7.70. The molecular weight excluding hydrogens is 408 g/mol. The largest absolute Gasteiger partial charge is 0.477 e. The van der Waals surface area contributed by atoms with Crippen molar-refractivity contribution in [2.45, 2.75) is 12.8 Å². The summed E-state index contributed by atoms with van der Waals surface area (Å²) in [6.07, 6.45) is 6.22. The third-order valence-corrected chi connectivity index (χ3v) is 5.35. The Balaban J connectivity index is 1.55. The molecule has 2 unspecified atom stereocenters. The fourth-order valence-electron chi connectivity index (χ4n) is 3.80. The molecule has 2 N–H and O–H groups in total. The molecule has 0 saturated carbocycles. The van der Waals surface area contributed by atoms with Gasteiger partial charge in [-0.1, -0.05) is 6.58 Å². The highest BCUT2D eigenvalue weighted by Crippen LogP contribution is 2.37. The number of hydrogen-bond donors (Lipinski definition) is 2. The quantitative estimate of drug-likeness (QED) is 0.558. The van der Waals surface area contributed by atoms with E-state index in [0.29, 0.717) is 16.7 Å². The topological polar surface area (TPSA) is 101 Å². The Morgan fingerprint density at radius 2 is 2.26 bits per heavy atom. The minimum absolute atomic E-state index is 0.0152. The van der Waals surface area contributed by atoms with Gasteiger partial charge in [0.1, 0.15) is 5.65 Å². The van der Waals surface area contributed by atoms with Gasteiger partial charge in [0.25, 0.3) is 0 Å². The summed E-state index contributed by atoms with van der Waals surface area (Å²) in [6, 6.07) is 1.76. The van der Waals surface area contributed by atoms with E-state index in [0.717, 1.165) is 13.0 Å². The molecule has 1 saturated heterocycles. The molecule has 3 aromatic heterocycles. The van der Waals surface area contributed by atoms with Gasteiger partial charge < -0.3 is 19.9 Å². The summed E-state index contributed by atoms with van der Waals surface area (Å²) < 4.78 is 35.9. The molecule has 1 aliphatic rings. The number of rotatable bonds is 7. The Labute approximate surface area is 177 Å². The minimum Gasteiger partial charge on any atom is -0.477 e. The molecule has 1 fully saturated rings. The maximum absolute atomic E-state index is 14.2. The number of halogens is 2. The van der Waals surface area contributed by atoms with Crippen molar-refractivity contribution >= 4 is 28.6 Å². The number of aromatic amines is 1. The van der Waals surface area contributed by atoms with E-state index in [4.69, 9.17) is 4.74 Å². The molecule has 0 radical (unpaired) electrons. The lowest BCUT2D eigenvalue weighted by atomic mass is 9.91. The van der Waals surface area contributed by atoms with E-state index >= 15 is 0 Å². The highest BCUT2D eigenvalue weighted by molar-refractivity contribution is 5.87. The molecule has 0 spiro atoms. The fraction of sp³-hybridized carbons (Fsp3) is 0.400. The number of carbonyl (C=O) groups is 1. The number of amides is 1. The summed E-state index contributed by atoms with van der Waals surface area (Å²) in [6.45, 7) is 4.42. The van der Waals surface area contributed by atoms with Gasteiger partial charge in [-0.25, -0.2) is 8.78 Å². The second kappa shape index (κ2) is 7.97. The number of ether oxygens (including phenoxy) is 1. The van der Waals surface area contributed by atoms with Crippen LogP contribution in [-0.2, 0) is 11.8 Å². The van der Waals surface area contributed by atoms with E-state index in [1.54, 1.807) is 36.4 Å². The molecule has 11 heteroatoms. The smallest absolute Gasteiger partial charge is 0.250 e. The summed E-state index contributed by atoms with van der Waals surface area (Å²) in [5.74, 6) is -4.34. The highest BCUT2D eigenvalue weighted by atomic mass is 19.3. The van der Waals surface area contributed by atoms with Crippen molar-refractivity contribution in [1.82, 2.24) is 29.6 Å². The van der Waals surface area contributed by atoms with E-state index < -0.39 is 17.8 Å². The first-order valence-corrected chi connectivity index (χ1v) is 9.77. The Hall–Kier alpha value is -3.50. The number of anilines is 2. The zero-order chi connectivity index (χ0) is 22.2. The first-order chi connectivity index (χ1) is 14.7. The predicted molar refractivity (Wildman–Crippen MR) is 110 cm³/mol. The van der Waals surface area contributed by atoms with E-state index in [1.807, 2.05) is 0 Å². The molecule has 0 aromatic carbocycles. The third kappa shape index (κ3) is 4.35. The predicted octanol–water partition coefficient (Wildman–Crippen LogP) is 2.73. The number of alkyl halides is 2. The number of nitrogens with zero attached hydrogens (tertiary/aromatic N) is 5. The third-order valence-electron chi connectivity index (χ3n) is 5.35. The summed E-state index contributed by atoms with van der Waals surface area (Å²) in [4.78, 5) is 25.1. The number of likely N-dealkylation sites (tertiary alicyclic amines) is 1. The molecule has 3 aromatic rings. The van der Waals surface area contributed by atoms with Gasteiger partial charge >= 0.3 is 0 Å². The molecule has 0 aliphatic carbocycles. The van der Waals surface area contributed by atoms with Crippen molar-refractivity contribution in [3.05, 3.63) is 37.3 Å². The Morgan fingerprint density at radius 1 is 1.45 bits per heavy atom. The van der Waals surface area contributed by atoms with Gasteiger partial charge in [0, 0.05) is 44.4 Å². The van der Waals surface area contributed by atoms with Crippen molar-refractivity contribution in [1.29, 1.82) is 0 Å². The summed E-state index contributed by atoms with van der Waals surface area (Å²) in [5, 5.41) is 7.77. The number of aryl methyl sites for hydroxylation is 1. The van der Waals surface area contributed by atoms with Crippen molar-refractivity contribution in [2.24, 2.45) is 18.9 Å². The highest BCUT2D eigenvalue weighted by Gasteiger charge is 2.47. The van der Waals surface area contributed by atoms with Crippen molar-refractivity contribution in [2.75, 3.05) is 25.0 Å². The fourth-order valence-corrected chi connectivity index (χ4v) is 3.80. The maximum Gasteiger partial charge on any atom is 0.250 e. The minimum atomic E-state index is -2.95. The Bertz CT molecular complexity index is 1100. The zero-order valence-electron chi connectivity index (χ0n) is 17.2. The van der Waals surface area contributed by atoms with Crippen LogP contribution in [0.25, 0.3) is 11.0 Å². The number of H-pyrrole nitrogens is 1. The lowest BCUT2D eigenvalue weighted by Gasteiger charge is -2.24. The van der Waals surface area contributed by atoms with Gasteiger partial charge in [0.15, 0.2) is 0 Å². The molecular formula is C20H23F2N7O2. The number of aromatic nitrogens is 5. The van der Waals surface area contributed by atoms with E-state index in [1.165, 1.54) is 4.90 Å². The lowest BCUT2D eigenvalue weighted by molar-refractivity contribution is -0.125. The molecule has 9 nitrogen and oxygen atoms in total. The lowest BCUT2D eigenvalue weighted by Crippen LogP contribution is -2.34. The molecule has 4 heterocycles. The Morgan fingerprint density at radius 3 is 2.94 bits per heavy atom. The average molecular weight is 431 g/mol. The van der Waals surface area contributed by atoms with Crippen LogP contribution in [0, 0.1) is 11.8 Å². The molecule has 0 bridgehead atoms. The van der Waals surface area contributed by atoms with E-state index in [9.17, 15) is 13.6 Å². The first kappa shape index (κ1) is 20.8. The van der Waals surface area contributed by atoms with Crippen LogP contribution >= 0.6 is 0 Å². The number of hydrogen-bond acceptors (Lipinski definition) is 6. The summed E-state index contributed by atoms with van der Waals surface area (Å²) in [5.41, 5.74) is 1.24. The molecule has 1 aliphatic heterocycles. The van der Waals surface area contributed by atoms with Crippen LogP contribution in [0.3, 0.4) is 0 Å². The SMILES string of the molecule is C=CC(=O)N1CC(COc2nc(Nc3cnn(C)c3)nc3[nH]ccc23)C(C(C)(F)F)C1. The molecule has 1 amide bonds. The number of carbonyl (C=O) groups excluding carboxylic acids is 1. The summed E-state index contributed by atoms with van der Waals surface area (Å²) in [7, 11) is 1.79. The van der Waals surface area contributed by atoms with Crippen molar-refractivity contribution < 1.29 is 18.3 Å². The van der Waals surface area contributed by atoms with Gasteiger partial charge in [0.05, 0.1) is 23.9 Å². The molecule has 31 heavy (non-hydrogen) atoms. The molecule has 164 valence electrons. The van der Waals surface area contributed by atoms with Crippen LogP contribution < -0.4 is 10.1 Å². The van der Waals surface area contributed by atoms with Gasteiger partial charge in [-0.05, 0) is 19.1 Å². The van der Waals surface area contributed by atoms with Gasteiger partial charge in [-0.3, -0.25) is 9.48 Å². The summed E-state index contributed by atoms with van der Waals surface area (Å²) >= 11 is 0. The van der Waals surface area contributed by atoms with Gasteiger partial charge in [-0.15, -0.1) is 0 Å². The van der Waals surface area contributed by atoms with Crippen LogP contribution in [0.2, 0.25) is 0 Å². The van der Waals surface area contributed by atoms with Crippen molar-refractivity contribution in [3.63, 3.8) is 0 Å². The van der Waals surface area contributed by atoms with Crippen molar-refractivity contribution in [3.8, 4) is 5.88 Å². The molecule has 4 rings (SSSR count). The number of nitrogens with one attached hydrogen (secondary N) is 2. The maximum atomic E-state index is 14.2. The average Bonchev–Trinajstić information content (AvgIpc) is 3.44. The van der Waals surface area contributed by atoms with Crippen LogP contribution in [0.1, 0.15) is 6.92 Å². The van der Waals surface area contributed by atoms with Crippen LogP contribution in [0.4, 0.5) is 20.4 Å². The zero-order valence-corrected chi connectivity index (χ0v) is 17.2. The number of fused-ring (bicyclic) bond motifs is 1. The van der Waals surface area contributed by atoms with E-state index in [2.05, 4.69) is 31.9 Å².